The van der Waals surface area contributed by atoms with Crippen LogP contribution >= 0.6 is 0 Å². The van der Waals surface area contributed by atoms with E-state index in [4.69, 9.17) is 19.9 Å². The predicted octanol–water partition coefficient (Wildman–Crippen LogP) is 1.25. The first-order valence-electron chi connectivity index (χ1n) is 7.11. The molecule has 1 unspecified atom stereocenters. The molecule has 5 nitrogen and oxygen atoms in total. The first-order valence-corrected chi connectivity index (χ1v) is 7.11. The van der Waals surface area contributed by atoms with Gasteiger partial charge in [-0.15, -0.1) is 0 Å². The third-order valence-corrected chi connectivity index (χ3v) is 4.36. The minimum atomic E-state index is -0.604. The average Bonchev–Trinajstić information content (AvgIpc) is 2.54. The van der Waals surface area contributed by atoms with Gasteiger partial charge in [0, 0.05) is 25.2 Å². The van der Waals surface area contributed by atoms with Gasteiger partial charge < -0.3 is 25.1 Å². The summed E-state index contributed by atoms with van der Waals surface area (Å²) in [6.07, 6.45) is 0.949. The fraction of sp³-hybridized carbons (Fsp3) is 0.600. The topological polar surface area (TPSA) is 73.9 Å². The molecule has 2 heterocycles. The van der Waals surface area contributed by atoms with Crippen LogP contribution in [-0.2, 0) is 4.74 Å². The minimum Gasteiger partial charge on any atom is -0.486 e. The van der Waals surface area contributed by atoms with Crippen LogP contribution in [0.15, 0.2) is 18.2 Å². The molecule has 1 aromatic rings. The molecule has 3 N–H and O–H groups in total. The average molecular weight is 279 g/mol. The number of aliphatic hydroxyl groups is 1. The van der Waals surface area contributed by atoms with Crippen molar-refractivity contribution in [2.24, 2.45) is 11.1 Å². The fourth-order valence-corrected chi connectivity index (χ4v) is 2.95. The summed E-state index contributed by atoms with van der Waals surface area (Å²) in [6.45, 7) is 2.87. The molecule has 0 saturated carbocycles. The van der Waals surface area contributed by atoms with E-state index in [0.717, 1.165) is 24.2 Å². The molecule has 1 atom stereocenters. The third kappa shape index (κ3) is 2.37. The highest BCUT2D eigenvalue weighted by Crippen LogP contribution is 2.43. The van der Waals surface area contributed by atoms with Crippen molar-refractivity contribution in [3.63, 3.8) is 0 Å². The number of rotatable bonds is 3. The maximum atomic E-state index is 10.8. The highest BCUT2D eigenvalue weighted by atomic mass is 16.6. The molecule has 0 radical (unpaired) electrons. The van der Waals surface area contributed by atoms with Crippen molar-refractivity contribution in [3.05, 3.63) is 23.8 Å². The van der Waals surface area contributed by atoms with Gasteiger partial charge >= 0.3 is 0 Å². The second-order valence-corrected chi connectivity index (χ2v) is 5.48. The molecule has 110 valence electrons. The van der Waals surface area contributed by atoms with Gasteiger partial charge in [-0.1, -0.05) is 6.07 Å². The summed E-state index contributed by atoms with van der Waals surface area (Å²) in [5.41, 5.74) is 6.47. The molecular formula is C15H21NO4. The van der Waals surface area contributed by atoms with Crippen molar-refractivity contribution in [1.29, 1.82) is 0 Å². The molecule has 1 fully saturated rings. The largest absolute Gasteiger partial charge is 0.486 e. The van der Waals surface area contributed by atoms with Crippen molar-refractivity contribution in [2.45, 2.75) is 18.9 Å². The lowest BCUT2D eigenvalue weighted by molar-refractivity contribution is -0.0582. The van der Waals surface area contributed by atoms with E-state index in [0.29, 0.717) is 38.7 Å². The maximum absolute atomic E-state index is 10.8. The van der Waals surface area contributed by atoms with E-state index < -0.39 is 6.10 Å². The van der Waals surface area contributed by atoms with Gasteiger partial charge in [-0.05, 0) is 30.5 Å². The summed E-state index contributed by atoms with van der Waals surface area (Å²) in [5.74, 6) is 1.44. The Bertz CT molecular complexity index is 471. The van der Waals surface area contributed by atoms with Crippen molar-refractivity contribution in [2.75, 3.05) is 33.0 Å². The number of fused-ring (bicyclic) bond motifs is 1. The Balaban J connectivity index is 1.87. The molecule has 2 aliphatic heterocycles. The summed E-state index contributed by atoms with van der Waals surface area (Å²) in [6, 6.07) is 5.62. The lowest BCUT2D eigenvalue weighted by atomic mass is 9.73. The number of aliphatic hydroxyl groups excluding tert-OH is 1. The van der Waals surface area contributed by atoms with Crippen LogP contribution in [-0.4, -0.2) is 38.1 Å². The lowest BCUT2D eigenvalue weighted by Gasteiger charge is -2.40. The number of hydrogen-bond donors (Lipinski definition) is 2. The van der Waals surface area contributed by atoms with Gasteiger partial charge in [0.15, 0.2) is 11.5 Å². The first kappa shape index (κ1) is 13.7. The molecule has 0 amide bonds. The van der Waals surface area contributed by atoms with E-state index in [1.807, 2.05) is 18.2 Å². The molecular weight excluding hydrogens is 258 g/mol. The van der Waals surface area contributed by atoms with E-state index in [-0.39, 0.29) is 5.41 Å². The zero-order chi connectivity index (χ0) is 14.0. The van der Waals surface area contributed by atoms with Crippen molar-refractivity contribution in [3.8, 4) is 11.5 Å². The molecule has 2 aliphatic rings. The summed E-state index contributed by atoms with van der Waals surface area (Å²) < 4.78 is 16.5. The number of hydrogen-bond acceptors (Lipinski definition) is 5. The van der Waals surface area contributed by atoms with Crippen molar-refractivity contribution < 1.29 is 19.3 Å². The molecule has 0 spiro atoms. The van der Waals surface area contributed by atoms with Crippen LogP contribution in [0, 0.1) is 5.41 Å². The highest BCUT2D eigenvalue weighted by Gasteiger charge is 2.39. The maximum Gasteiger partial charge on any atom is 0.161 e. The second-order valence-electron chi connectivity index (χ2n) is 5.48. The van der Waals surface area contributed by atoms with Crippen LogP contribution in [0.5, 0.6) is 11.5 Å². The molecule has 5 heteroatoms. The number of benzene rings is 1. The quantitative estimate of drug-likeness (QED) is 0.871. The van der Waals surface area contributed by atoms with Crippen LogP contribution in [0.1, 0.15) is 24.5 Å². The Morgan fingerprint density at radius 3 is 2.50 bits per heavy atom. The van der Waals surface area contributed by atoms with Crippen LogP contribution in [0.25, 0.3) is 0 Å². The summed E-state index contributed by atoms with van der Waals surface area (Å²) in [4.78, 5) is 0. The van der Waals surface area contributed by atoms with Gasteiger partial charge in [0.1, 0.15) is 13.2 Å². The van der Waals surface area contributed by atoms with E-state index >= 15 is 0 Å². The van der Waals surface area contributed by atoms with Crippen molar-refractivity contribution in [1.82, 2.24) is 0 Å². The Kier molecular flexibility index (Phi) is 3.83. The van der Waals surface area contributed by atoms with Crippen molar-refractivity contribution >= 4 is 0 Å². The summed E-state index contributed by atoms with van der Waals surface area (Å²) in [5, 5.41) is 10.8. The van der Waals surface area contributed by atoms with Gasteiger partial charge in [-0.25, -0.2) is 0 Å². The third-order valence-electron chi connectivity index (χ3n) is 4.36. The standard InChI is InChI=1S/C15H21NO4/c16-10-15(3-5-18-6-4-15)14(17)11-1-2-12-13(9-11)20-8-7-19-12/h1-2,9,14,17H,3-8,10,16H2. The Morgan fingerprint density at radius 2 is 1.80 bits per heavy atom. The SMILES string of the molecule is NCC1(C(O)c2ccc3c(c2)OCCO3)CCOCC1. The zero-order valence-corrected chi connectivity index (χ0v) is 11.5. The van der Waals surface area contributed by atoms with E-state index in [1.165, 1.54) is 0 Å². The number of nitrogens with two attached hydrogens (primary N) is 1. The Morgan fingerprint density at radius 1 is 1.10 bits per heavy atom. The lowest BCUT2D eigenvalue weighted by Crippen LogP contribution is -2.41. The molecule has 1 aromatic carbocycles. The smallest absolute Gasteiger partial charge is 0.161 e. The summed E-state index contributed by atoms with van der Waals surface area (Å²) >= 11 is 0. The normalized spacial score (nSPS) is 22.3. The van der Waals surface area contributed by atoms with Crippen LogP contribution in [0.4, 0.5) is 0 Å². The van der Waals surface area contributed by atoms with Gasteiger partial charge in [0.05, 0.1) is 6.10 Å². The highest BCUT2D eigenvalue weighted by molar-refractivity contribution is 5.44. The van der Waals surface area contributed by atoms with Crippen LogP contribution in [0.2, 0.25) is 0 Å². The van der Waals surface area contributed by atoms with E-state index in [2.05, 4.69) is 0 Å². The van der Waals surface area contributed by atoms with Gasteiger partial charge in [0.25, 0.3) is 0 Å². The molecule has 3 rings (SSSR count). The monoisotopic (exact) mass is 279 g/mol. The first-order chi connectivity index (χ1) is 9.75. The van der Waals surface area contributed by atoms with Crippen LogP contribution in [0.3, 0.4) is 0 Å². The van der Waals surface area contributed by atoms with E-state index in [1.54, 1.807) is 0 Å². The molecule has 0 aromatic heterocycles. The molecule has 0 aliphatic carbocycles. The molecule has 0 bridgehead atoms. The van der Waals surface area contributed by atoms with Gasteiger partial charge in [0.2, 0.25) is 0 Å². The second kappa shape index (κ2) is 5.60. The summed E-state index contributed by atoms with van der Waals surface area (Å²) in [7, 11) is 0. The predicted molar refractivity (Wildman–Crippen MR) is 73.9 cm³/mol. The van der Waals surface area contributed by atoms with Gasteiger partial charge in [-0.3, -0.25) is 0 Å². The Labute approximate surface area is 118 Å². The minimum absolute atomic E-state index is 0.304. The molecule has 1 saturated heterocycles. The van der Waals surface area contributed by atoms with Gasteiger partial charge in [-0.2, -0.15) is 0 Å². The zero-order valence-electron chi connectivity index (χ0n) is 11.5. The Hall–Kier alpha value is -1.30. The molecule has 20 heavy (non-hydrogen) atoms. The fourth-order valence-electron chi connectivity index (χ4n) is 2.95. The van der Waals surface area contributed by atoms with Crippen LogP contribution < -0.4 is 15.2 Å². The van der Waals surface area contributed by atoms with E-state index in [9.17, 15) is 5.11 Å². The number of ether oxygens (including phenoxy) is 3.